The number of aliphatic hydroxyl groups is 1. The van der Waals surface area contributed by atoms with E-state index in [1.807, 2.05) is 0 Å². The van der Waals surface area contributed by atoms with Gasteiger partial charge in [0.05, 0.1) is 18.0 Å². The predicted octanol–water partition coefficient (Wildman–Crippen LogP) is 1.65. The van der Waals surface area contributed by atoms with Crippen LogP contribution < -0.4 is 31.2 Å². The number of ether oxygens (including phenoxy) is 3. The Kier molecular flexibility index (Phi) is 9.27. The summed E-state index contributed by atoms with van der Waals surface area (Å²) in [6.07, 6.45) is -0.657. The molecule has 0 aliphatic carbocycles. The lowest BCUT2D eigenvalue weighted by Crippen LogP contribution is -2.34. The first-order chi connectivity index (χ1) is 16.9. The number of aliphatic hydroxyl groups excluding tert-OH is 1. The van der Waals surface area contributed by atoms with E-state index in [0.717, 1.165) is 5.56 Å². The number of rotatable bonds is 12. The molecule has 2 aromatic rings. The molecule has 1 unspecified atom stereocenters. The fraction of sp³-hybridized carbons (Fsp3) is 0.375. The molecule has 3 rings (SSSR count). The number of anilines is 2. The van der Waals surface area contributed by atoms with Crippen LogP contribution in [0.1, 0.15) is 29.3 Å². The molecule has 11 nitrogen and oxygen atoms in total. The van der Waals surface area contributed by atoms with Crippen LogP contribution >= 0.6 is 0 Å². The van der Waals surface area contributed by atoms with Gasteiger partial charge in [-0.1, -0.05) is 0 Å². The third kappa shape index (κ3) is 7.59. The van der Waals surface area contributed by atoms with E-state index < -0.39 is 18.1 Å². The first-order valence-electron chi connectivity index (χ1n) is 11.3. The van der Waals surface area contributed by atoms with Crippen molar-refractivity contribution >= 4 is 29.3 Å². The van der Waals surface area contributed by atoms with E-state index in [1.54, 1.807) is 43.3 Å². The fourth-order valence-corrected chi connectivity index (χ4v) is 3.45. The lowest BCUT2D eigenvalue weighted by molar-refractivity contribution is -0.116. The number of carbonyl (C=O) groups excluding carboxylic acids is 3. The molecule has 1 aliphatic rings. The molecule has 3 amide bonds. The number of nitrogens with one attached hydrogen (secondary N) is 3. The summed E-state index contributed by atoms with van der Waals surface area (Å²) in [5.41, 5.74) is 7.26. The second-order valence-electron chi connectivity index (χ2n) is 7.76. The van der Waals surface area contributed by atoms with E-state index in [1.165, 1.54) is 0 Å². The van der Waals surface area contributed by atoms with Crippen LogP contribution in [-0.4, -0.2) is 62.0 Å². The Labute approximate surface area is 202 Å². The molecule has 0 spiro atoms. The molecule has 188 valence electrons. The van der Waals surface area contributed by atoms with Gasteiger partial charge in [0.15, 0.2) is 0 Å². The van der Waals surface area contributed by atoms with Crippen molar-refractivity contribution in [3.8, 4) is 11.5 Å². The summed E-state index contributed by atoms with van der Waals surface area (Å²) in [6.45, 7) is 3.10. The molecule has 0 saturated carbocycles. The zero-order valence-electron chi connectivity index (χ0n) is 19.5. The summed E-state index contributed by atoms with van der Waals surface area (Å²) in [7, 11) is 0. The summed E-state index contributed by atoms with van der Waals surface area (Å²) >= 11 is 0. The van der Waals surface area contributed by atoms with E-state index in [0.29, 0.717) is 54.4 Å². The van der Waals surface area contributed by atoms with Crippen LogP contribution in [-0.2, 0) is 16.0 Å². The summed E-state index contributed by atoms with van der Waals surface area (Å²) in [5.74, 6) is 0.482. The molecule has 1 heterocycles. The van der Waals surface area contributed by atoms with E-state index in [2.05, 4.69) is 16.0 Å². The summed E-state index contributed by atoms with van der Waals surface area (Å²) in [6, 6.07) is 9.83. The number of hydrogen-bond acceptors (Lipinski definition) is 8. The van der Waals surface area contributed by atoms with Gasteiger partial charge in [0, 0.05) is 30.6 Å². The van der Waals surface area contributed by atoms with Crippen molar-refractivity contribution < 1.29 is 33.7 Å². The monoisotopic (exact) mass is 486 g/mol. The Morgan fingerprint density at radius 3 is 2.63 bits per heavy atom. The van der Waals surface area contributed by atoms with Gasteiger partial charge >= 0.3 is 6.09 Å². The lowest BCUT2D eigenvalue weighted by atomic mass is 10.0. The zero-order valence-corrected chi connectivity index (χ0v) is 19.5. The highest BCUT2D eigenvalue weighted by atomic mass is 16.5. The molecule has 1 aliphatic heterocycles. The number of nitrogens with two attached hydrogens (primary N) is 1. The maximum absolute atomic E-state index is 11.9. The highest BCUT2D eigenvalue weighted by Gasteiger charge is 2.23. The first-order valence-corrected chi connectivity index (χ1v) is 11.3. The smallest absolute Gasteiger partial charge is 0.411 e. The molecular formula is C24H30N4O7. The summed E-state index contributed by atoms with van der Waals surface area (Å²) in [4.78, 5) is 34.8. The topological polar surface area (TPSA) is 161 Å². The van der Waals surface area contributed by atoms with Gasteiger partial charge in [0.1, 0.15) is 30.8 Å². The maximum atomic E-state index is 11.9. The molecule has 0 saturated heterocycles. The number of fused-ring (bicyclic) bond motifs is 1. The van der Waals surface area contributed by atoms with Crippen LogP contribution in [0.2, 0.25) is 0 Å². The van der Waals surface area contributed by atoms with Crippen molar-refractivity contribution in [3.05, 3.63) is 47.5 Å². The number of primary amides is 1. The number of benzene rings is 2. The first kappa shape index (κ1) is 25.8. The summed E-state index contributed by atoms with van der Waals surface area (Å²) in [5, 5.41) is 18.8. The number of amides is 3. The summed E-state index contributed by atoms with van der Waals surface area (Å²) < 4.78 is 16.3. The Balaban J connectivity index is 1.45. The molecule has 6 N–H and O–H groups in total. The van der Waals surface area contributed by atoms with Crippen LogP contribution in [0, 0.1) is 0 Å². The van der Waals surface area contributed by atoms with Crippen molar-refractivity contribution in [2.75, 3.05) is 43.5 Å². The third-order valence-electron chi connectivity index (χ3n) is 5.15. The van der Waals surface area contributed by atoms with Crippen LogP contribution in [0.25, 0.3) is 0 Å². The van der Waals surface area contributed by atoms with Gasteiger partial charge in [-0.25, -0.2) is 4.79 Å². The molecule has 0 fully saturated rings. The van der Waals surface area contributed by atoms with Gasteiger partial charge in [-0.15, -0.1) is 0 Å². The SMILES string of the molecule is CCOC(=O)Nc1ccc(OCC(O)CNCCOc2ccc(C(N)=O)cc2)c2c1NC(=O)CC2. The van der Waals surface area contributed by atoms with Crippen molar-refractivity contribution in [1.29, 1.82) is 0 Å². The van der Waals surface area contributed by atoms with E-state index in [-0.39, 0.29) is 25.7 Å². The van der Waals surface area contributed by atoms with Crippen LogP contribution in [0.5, 0.6) is 11.5 Å². The molecule has 0 radical (unpaired) electrons. The second-order valence-corrected chi connectivity index (χ2v) is 7.76. The Bertz CT molecular complexity index is 1040. The van der Waals surface area contributed by atoms with Crippen molar-refractivity contribution in [1.82, 2.24) is 5.32 Å². The second kappa shape index (κ2) is 12.6. The average Bonchev–Trinajstić information content (AvgIpc) is 2.83. The van der Waals surface area contributed by atoms with Crippen LogP contribution in [0.3, 0.4) is 0 Å². The predicted molar refractivity (Wildman–Crippen MR) is 129 cm³/mol. The molecule has 35 heavy (non-hydrogen) atoms. The number of carbonyl (C=O) groups is 3. The van der Waals surface area contributed by atoms with Gasteiger partial charge in [-0.05, 0) is 49.7 Å². The largest absolute Gasteiger partial charge is 0.492 e. The van der Waals surface area contributed by atoms with E-state index in [9.17, 15) is 19.5 Å². The number of hydrogen-bond donors (Lipinski definition) is 5. The highest BCUT2D eigenvalue weighted by molar-refractivity contribution is 6.01. The van der Waals surface area contributed by atoms with Crippen molar-refractivity contribution in [3.63, 3.8) is 0 Å². The minimum Gasteiger partial charge on any atom is -0.492 e. The van der Waals surface area contributed by atoms with Gasteiger partial charge in [0.2, 0.25) is 11.8 Å². The standard InChI is InChI=1S/C24H30N4O7/c1-2-33-24(32)27-19-8-9-20(18-7-10-21(30)28-22(18)19)35-14-16(29)13-26-11-12-34-17-5-3-15(4-6-17)23(25)31/h3-6,8-9,16,26,29H,2,7,10-14H2,1H3,(H2,25,31)(H,27,32)(H,28,30). The van der Waals surface area contributed by atoms with Gasteiger partial charge < -0.3 is 35.7 Å². The van der Waals surface area contributed by atoms with Gasteiger partial charge in [-0.3, -0.25) is 14.9 Å². The zero-order chi connectivity index (χ0) is 25.2. The quantitative estimate of drug-likeness (QED) is 0.283. The van der Waals surface area contributed by atoms with E-state index in [4.69, 9.17) is 19.9 Å². The minimum atomic E-state index is -0.781. The average molecular weight is 487 g/mol. The molecule has 2 aromatic carbocycles. The third-order valence-corrected chi connectivity index (χ3v) is 5.15. The highest BCUT2D eigenvalue weighted by Crippen LogP contribution is 2.37. The van der Waals surface area contributed by atoms with Crippen molar-refractivity contribution in [2.24, 2.45) is 5.73 Å². The Morgan fingerprint density at radius 2 is 1.91 bits per heavy atom. The van der Waals surface area contributed by atoms with E-state index >= 15 is 0 Å². The van der Waals surface area contributed by atoms with Gasteiger partial charge in [-0.2, -0.15) is 0 Å². The van der Waals surface area contributed by atoms with Crippen LogP contribution in [0.15, 0.2) is 36.4 Å². The molecule has 11 heteroatoms. The van der Waals surface area contributed by atoms with Gasteiger partial charge in [0.25, 0.3) is 0 Å². The van der Waals surface area contributed by atoms with Crippen molar-refractivity contribution in [2.45, 2.75) is 25.9 Å². The molecular weight excluding hydrogens is 456 g/mol. The lowest BCUT2D eigenvalue weighted by Gasteiger charge is -2.24. The minimum absolute atomic E-state index is 0.0352. The normalized spacial score (nSPS) is 13.3. The molecule has 0 bridgehead atoms. The Morgan fingerprint density at radius 1 is 1.14 bits per heavy atom. The molecule has 0 aromatic heterocycles. The molecule has 1 atom stereocenters. The fourth-order valence-electron chi connectivity index (χ4n) is 3.45. The van der Waals surface area contributed by atoms with Crippen LogP contribution in [0.4, 0.5) is 16.2 Å². The Hall–Kier alpha value is -3.83. The maximum Gasteiger partial charge on any atom is 0.411 e.